The number of rotatable bonds is 9. The molecule has 3 unspecified atom stereocenters. The van der Waals surface area contributed by atoms with Crippen molar-refractivity contribution in [2.24, 2.45) is 11.8 Å². The first-order valence-electron chi connectivity index (χ1n) is 24.2. The van der Waals surface area contributed by atoms with Gasteiger partial charge >= 0.3 is 71.1 Å². The second-order valence-corrected chi connectivity index (χ2v) is 20.9. The molecule has 79 heavy (non-hydrogen) atoms. The number of fused-ring (bicyclic) bond motifs is 10. The Morgan fingerprint density at radius 2 is 1.47 bits per heavy atom. The molecule has 2 aromatic carbocycles. The summed E-state index contributed by atoms with van der Waals surface area (Å²) < 4.78 is 86.5. The number of piperidine rings is 1. The first-order chi connectivity index (χ1) is 36.0. The number of ether oxygens (including phenoxy) is 1. The van der Waals surface area contributed by atoms with E-state index < -0.39 is 169 Å². The fraction of sp³-hybridized carbons (Fsp3) is 0.511. The van der Waals surface area contributed by atoms with Crippen LogP contribution in [0.2, 0.25) is 0 Å². The van der Waals surface area contributed by atoms with Gasteiger partial charge in [-0.15, -0.1) is 0 Å². The molecule has 32 heteroatoms. The Morgan fingerprint density at radius 1 is 0.848 bits per heavy atom. The number of anilines is 1. The van der Waals surface area contributed by atoms with Crippen LogP contribution in [0.25, 0.3) is 0 Å². The van der Waals surface area contributed by atoms with Crippen LogP contribution in [0.15, 0.2) is 54.2 Å². The molecule has 0 radical (unpaired) electrons. The van der Waals surface area contributed by atoms with Crippen LogP contribution in [0.4, 0.5) is 10.5 Å². The van der Waals surface area contributed by atoms with E-state index in [9.17, 15) is 64.6 Å². The molecule has 2 saturated heterocycles. The molecular weight excluding hydrogens is 1100 g/mol. The summed E-state index contributed by atoms with van der Waals surface area (Å²) in [5.41, 5.74) is -1.06. The number of urea groups is 1. The summed E-state index contributed by atoms with van der Waals surface area (Å²) >= 11 is 0. The molecule has 3 heterocycles. The molecule has 0 spiro atoms. The maximum atomic E-state index is 15.3. The number of amides is 9. The summed E-state index contributed by atoms with van der Waals surface area (Å²) in [7, 11) is -10.6. The predicted molar refractivity (Wildman–Crippen MR) is 264 cm³/mol. The maximum absolute atomic E-state index is 15.3. The number of esters is 1. The zero-order valence-corrected chi connectivity index (χ0v) is 50.5. The molecule has 422 valence electrons. The van der Waals surface area contributed by atoms with Crippen molar-refractivity contribution in [3.63, 3.8) is 0 Å². The van der Waals surface area contributed by atoms with Gasteiger partial charge in [0.05, 0.1) is 0 Å². The molecule has 0 aromatic heterocycles. The number of nitrogens with one attached hydrogen (secondary N) is 7. The molecule has 3 aliphatic heterocycles. The Balaban J connectivity index is 0.00000820. The van der Waals surface area contributed by atoms with Crippen LogP contribution in [0.3, 0.4) is 0 Å². The van der Waals surface area contributed by atoms with Crippen molar-refractivity contribution in [3.05, 3.63) is 65.4 Å². The summed E-state index contributed by atoms with van der Waals surface area (Å²) in [4.78, 5) is 130. The Bertz CT molecular complexity index is 2880. The average Bonchev–Trinajstić information content (AvgIpc) is 3.35. The van der Waals surface area contributed by atoms with E-state index in [4.69, 9.17) is 4.74 Å². The smallest absolute Gasteiger partial charge is 0.716 e. The van der Waals surface area contributed by atoms with Gasteiger partial charge in [0, 0.05) is 44.1 Å². The van der Waals surface area contributed by atoms with Crippen LogP contribution in [-0.2, 0) is 76.7 Å². The summed E-state index contributed by atoms with van der Waals surface area (Å²) in [6, 6.07) is -2.13. The van der Waals surface area contributed by atoms with E-state index in [0.29, 0.717) is 17.7 Å². The zero-order chi connectivity index (χ0) is 57.3. The molecule has 2 aromatic rings. The fourth-order valence-corrected chi connectivity index (χ4v) is 9.19. The third-order valence-electron chi connectivity index (χ3n) is 12.6. The molecule has 0 aliphatic carbocycles. The Morgan fingerprint density at radius 3 is 2.05 bits per heavy atom. The van der Waals surface area contributed by atoms with Crippen molar-refractivity contribution < 1.29 is 146 Å². The summed E-state index contributed by atoms with van der Waals surface area (Å²) in [6.07, 6.45) is -4.25. The molecule has 28 nitrogen and oxygen atoms in total. The van der Waals surface area contributed by atoms with E-state index in [1.165, 1.54) is 47.6 Å². The molecule has 2 fully saturated rings. The number of allylic oxidation sites excluding steroid dienone is 1. The molecule has 8 atom stereocenters. The van der Waals surface area contributed by atoms with Crippen LogP contribution in [0.1, 0.15) is 78.4 Å². The largest absolute Gasteiger partial charge is 1.00 e. The average molecular weight is 1170 g/mol. The van der Waals surface area contributed by atoms with E-state index in [-0.39, 0.29) is 97.8 Å². The van der Waals surface area contributed by atoms with Crippen molar-refractivity contribution in [2.75, 3.05) is 18.9 Å². The predicted octanol–water partition coefficient (Wildman–Crippen LogP) is -7.57. The van der Waals surface area contributed by atoms with E-state index in [2.05, 4.69) is 45.6 Å². The van der Waals surface area contributed by atoms with Crippen molar-refractivity contribution in [3.8, 4) is 11.5 Å². The number of hydrogen-bond donors (Lipinski definition) is 8. The number of aliphatic hydroxyl groups excluding tert-OH is 1. The summed E-state index contributed by atoms with van der Waals surface area (Å²) in [5.74, 6) is -12.5. The summed E-state index contributed by atoms with van der Waals surface area (Å²) in [5, 5.41) is 28.9. The number of likely N-dealkylation sites (N-methyl/N-ethyl adjacent to an activating group) is 1. The minimum absolute atomic E-state index is 0. The van der Waals surface area contributed by atoms with Crippen LogP contribution in [-0.4, -0.2) is 156 Å². The van der Waals surface area contributed by atoms with Crippen molar-refractivity contribution in [1.82, 2.24) is 41.7 Å². The van der Waals surface area contributed by atoms with Crippen LogP contribution >= 0.6 is 0 Å². The van der Waals surface area contributed by atoms with E-state index in [1.807, 2.05) is 0 Å². The first kappa shape index (κ1) is 67.9. The molecule has 3 aliphatic rings. The second-order valence-electron chi connectivity index (χ2n) is 18.9. The second kappa shape index (κ2) is 29.3. The quantitative estimate of drug-likeness (QED) is 0.0380. The van der Waals surface area contributed by atoms with Gasteiger partial charge in [-0.25, -0.2) is 26.4 Å². The van der Waals surface area contributed by atoms with Crippen LogP contribution in [0.5, 0.6) is 11.5 Å². The normalized spacial score (nSPS) is 25.0. The number of nitrogens with zero attached hydrogens (tertiary/aromatic N) is 2. The van der Waals surface area contributed by atoms with E-state index in [1.54, 1.807) is 30.3 Å². The van der Waals surface area contributed by atoms with Gasteiger partial charge in [-0.2, -0.15) is 0 Å². The minimum Gasteiger partial charge on any atom is -0.716 e. The fourth-order valence-electron chi connectivity index (χ4n) is 8.49. The van der Waals surface area contributed by atoms with E-state index >= 15 is 9.59 Å². The molecule has 4 bridgehead atoms. The van der Waals surface area contributed by atoms with E-state index in [0.717, 1.165) is 16.8 Å². The van der Waals surface area contributed by atoms with Crippen molar-refractivity contribution in [1.29, 1.82) is 0 Å². The van der Waals surface area contributed by atoms with Gasteiger partial charge in [0.25, 0.3) is 32.6 Å². The Kier molecular flexibility index (Phi) is 25.2. The molecule has 9 amide bonds. The van der Waals surface area contributed by atoms with Gasteiger partial charge < -0.3 is 74.3 Å². The van der Waals surface area contributed by atoms with Gasteiger partial charge in [-0.05, 0) is 62.6 Å². The number of carbonyl (C=O) groups excluding carboxylic acids is 9. The number of carbonyl (C=O) groups is 9. The maximum Gasteiger partial charge on any atom is 1.00 e. The van der Waals surface area contributed by atoms with Gasteiger partial charge in [-0.1, -0.05) is 64.1 Å². The number of hydrogen-bond acceptors (Lipinski definition) is 19. The van der Waals surface area contributed by atoms with Gasteiger partial charge in [-0.3, -0.25) is 33.6 Å². The Labute approximate surface area is 500 Å². The van der Waals surface area contributed by atoms with Crippen molar-refractivity contribution >= 4 is 79.8 Å². The molecular formula is C47H61N9Na2O19S2. The number of aliphatic hydroxyl groups is 1. The Hall–Kier alpha value is -5.41. The monoisotopic (exact) mass is 1170 g/mol. The van der Waals surface area contributed by atoms with Gasteiger partial charge in [0.1, 0.15) is 54.3 Å². The van der Waals surface area contributed by atoms with Crippen LogP contribution < -0.4 is 105 Å². The van der Waals surface area contributed by atoms with Crippen molar-refractivity contribution in [2.45, 2.75) is 129 Å². The minimum atomic E-state index is -5.84. The topological polar surface area (TPSA) is 407 Å². The van der Waals surface area contributed by atoms with Crippen LogP contribution in [0, 0.1) is 11.8 Å². The standard InChI is InChI=1S/C47H63N9O19S2.2Na/c1-8-28-40(59)51-30-16-17-36(57)56(44(30)63)33(19-26-13-10-9-11-14-26)45(64)55(7)32-20-27-21-34(74-76(67,68)69)35(75-77(70,71)72)22-31(27)52-47(66)48-18-12-15-29(50-39(58)24(4)5)41(60)54-38(43(62)49-28)25(6)73-46(65)37(23(2)3)53-42(32)61;;/h8-11,13-14,21-25,29-30,32-33,36-38,57H,12,15-20H2,1-7H3,(H,49,62)(H,50,58)(H,51,59)(H,53,61)(H,54,60)(H2,48,52,66)(H,67,68,69)(H,70,71,72);;/q;2*+1/p-2/b28-8-;;/t25-,29+,30?,32?,33-,36?,37+,38+;;/m1../s1. The van der Waals surface area contributed by atoms with Gasteiger partial charge in [0.2, 0.25) is 29.5 Å². The molecule has 0 saturated carbocycles. The molecule has 5 rings (SSSR count). The third kappa shape index (κ3) is 18.8. The SMILES string of the molecule is C/C=C1\NC(=O)[C@H]2NC(=O)[C@@H](NC(=O)C(C)C)CCCNC(=O)Nc3cc(OS(=O)(=O)[O-])c(OS(=O)(=O)[O-])cc3CC(C(=O)N[C@@H](C(C)C)C(=O)O[C@@H]2C)N(C)C(=O)[C@@H](Cc2ccccc2)N2C(=O)C(CCC2O)NC1=O.[Na+].[Na+]. The zero-order valence-electron chi connectivity index (χ0n) is 44.8. The molecule has 8 N–H and O–H groups in total. The first-order valence-corrected chi connectivity index (χ1v) is 26.9. The van der Waals surface area contributed by atoms with Gasteiger partial charge in [0.15, 0.2) is 11.5 Å². The third-order valence-corrected chi connectivity index (χ3v) is 13.4. The number of benzene rings is 2. The summed E-state index contributed by atoms with van der Waals surface area (Å²) in [6.45, 7) is 8.24.